The minimum Gasteiger partial charge on any atom is -0.475 e. The third kappa shape index (κ3) is 5.00. The van der Waals surface area contributed by atoms with E-state index < -0.39 is 6.36 Å². The molecule has 0 saturated carbocycles. The summed E-state index contributed by atoms with van der Waals surface area (Å²) in [6.07, 6.45) is -3.19. The molecule has 0 aliphatic carbocycles. The Morgan fingerprint density at radius 1 is 1.07 bits per heavy atom. The molecule has 0 spiro atoms. The van der Waals surface area contributed by atoms with Crippen LogP contribution in [-0.2, 0) is 0 Å². The lowest BCUT2D eigenvalue weighted by Gasteiger charge is -2.32. The number of piperazine rings is 1. The summed E-state index contributed by atoms with van der Waals surface area (Å²) in [5.74, 6) is 0.133. The van der Waals surface area contributed by atoms with Crippen LogP contribution in [0.4, 0.5) is 13.2 Å². The first-order valence-corrected chi connectivity index (χ1v) is 9.62. The lowest BCUT2D eigenvalue weighted by atomic mass is 10.1. The lowest BCUT2D eigenvalue weighted by Crippen LogP contribution is -2.45. The summed E-state index contributed by atoms with van der Waals surface area (Å²) in [5, 5.41) is 4.45. The number of nitrogens with zero attached hydrogens (tertiary/aromatic N) is 5. The van der Waals surface area contributed by atoms with E-state index in [1.165, 1.54) is 18.2 Å². The van der Waals surface area contributed by atoms with E-state index in [0.29, 0.717) is 29.4 Å². The van der Waals surface area contributed by atoms with Crippen LogP contribution in [0.15, 0.2) is 42.6 Å². The molecule has 0 atom stereocenters. The molecular weight excluding hydrogens is 399 g/mol. The molecule has 30 heavy (non-hydrogen) atoms. The third-order valence-electron chi connectivity index (χ3n) is 4.95. The molecule has 1 aliphatic rings. The molecule has 10 heteroatoms. The van der Waals surface area contributed by atoms with Gasteiger partial charge in [-0.3, -0.25) is 4.90 Å². The number of rotatable bonds is 6. The molecule has 4 rings (SSSR count). The second-order valence-corrected chi connectivity index (χ2v) is 7.15. The summed E-state index contributed by atoms with van der Waals surface area (Å²) in [4.78, 5) is 8.90. The molecule has 1 aromatic carbocycles. The van der Waals surface area contributed by atoms with E-state index in [1.807, 2.05) is 0 Å². The Morgan fingerprint density at radius 3 is 2.63 bits per heavy atom. The Hall–Kier alpha value is -2.85. The normalized spacial score (nSPS) is 16.1. The van der Waals surface area contributed by atoms with Gasteiger partial charge in [-0.1, -0.05) is 12.1 Å². The van der Waals surface area contributed by atoms with Crippen molar-refractivity contribution in [3.8, 4) is 22.9 Å². The Bertz CT molecular complexity index is 1000. The van der Waals surface area contributed by atoms with Crippen LogP contribution < -0.4 is 9.47 Å². The van der Waals surface area contributed by atoms with Crippen molar-refractivity contribution in [3.05, 3.63) is 42.6 Å². The summed E-state index contributed by atoms with van der Waals surface area (Å²) in [6.45, 7) is 5.41. The molecule has 2 aromatic heterocycles. The minimum atomic E-state index is -4.75. The number of likely N-dealkylation sites (N-methyl/N-ethyl adjacent to an activating group) is 1. The highest BCUT2D eigenvalue weighted by molar-refractivity contribution is 5.64. The molecular formula is C20H22F3N5O2. The van der Waals surface area contributed by atoms with Gasteiger partial charge < -0.3 is 14.4 Å². The van der Waals surface area contributed by atoms with Gasteiger partial charge in [-0.05, 0) is 25.2 Å². The van der Waals surface area contributed by atoms with Crippen LogP contribution in [0.2, 0.25) is 0 Å². The van der Waals surface area contributed by atoms with Gasteiger partial charge in [0.2, 0.25) is 5.88 Å². The van der Waals surface area contributed by atoms with E-state index in [9.17, 15) is 13.2 Å². The van der Waals surface area contributed by atoms with Crippen LogP contribution in [0.3, 0.4) is 0 Å². The van der Waals surface area contributed by atoms with Gasteiger partial charge in [0.1, 0.15) is 12.4 Å². The van der Waals surface area contributed by atoms with Crippen LogP contribution in [0.5, 0.6) is 11.6 Å². The zero-order valence-electron chi connectivity index (χ0n) is 16.5. The average molecular weight is 421 g/mol. The van der Waals surface area contributed by atoms with Gasteiger partial charge in [-0.25, -0.2) is 9.50 Å². The summed E-state index contributed by atoms with van der Waals surface area (Å²) in [6, 6.07) is 9.22. The highest BCUT2D eigenvalue weighted by Gasteiger charge is 2.31. The zero-order chi connectivity index (χ0) is 21.1. The molecule has 3 heterocycles. The van der Waals surface area contributed by atoms with Crippen molar-refractivity contribution in [1.82, 2.24) is 24.4 Å². The van der Waals surface area contributed by atoms with Crippen molar-refractivity contribution in [2.24, 2.45) is 0 Å². The molecule has 1 saturated heterocycles. The maximum Gasteiger partial charge on any atom is 0.573 e. The number of benzene rings is 1. The number of hydrogen-bond donors (Lipinski definition) is 0. The number of imidazole rings is 1. The number of fused-ring (bicyclic) bond motifs is 1. The van der Waals surface area contributed by atoms with E-state index in [4.69, 9.17) is 4.74 Å². The van der Waals surface area contributed by atoms with Crippen LogP contribution in [0.1, 0.15) is 0 Å². The molecule has 1 aliphatic heterocycles. The predicted molar refractivity (Wildman–Crippen MR) is 105 cm³/mol. The zero-order valence-corrected chi connectivity index (χ0v) is 16.5. The molecule has 3 aromatic rings. The van der Waals surface area contributed by atoms with Gasteiger partial charge in [0.05, 0.1) is 11.9 Å². The Balaban J connectivity index is 1.47. The van der Waals surface area contributed by atoms with Crippen LogP contribution in [0.25, 0.3) is 16.9 Å². The van der Waals surface area contributed by atoms with E-state index in [-0.39, 0.29) is 5.75 Å². The average Bonchev–Trinajstić information content (AvgIpc) is 3.12. The van der Waals surface area contributed by atoms with Gasteiger partial charge >= 0.3 is 6.36 Å². The molecule has 1 fully saturated rings. The standard InChI is InChI=1S/C20H22F3N5O2/c1-26-7-9-27(10-8-26)11-12-29-19-6-5-18-24-14-17(28(18)25-19)15-3-2-4-16(13-15)30-20(21,22)23/h2-6,13-14H,7-12H2,1H3. The van der Waals surface area contributed by atoms with Gasteiger partial charge in [0.25, 0.3) is 0 Å². The van der Waals surface area contributed by atoms with Crippen LogP contribution in [0, 0.1) is 0 Å². The summed E-state index contributed by atoms with van der Waals surface area (Å²) < 4.78 is 48.9. The SMILES string of the molecule is CN1CCN(CCOc2ccc3ncc(-c4cccc(OC(F)(F)F)c4)n3n2)CC1. The topological polar surface area (TPSA) is 55.1 Å². The maximum atomic E-state index is 12.5. The molecule has 0 radical (unpaired) electrons. The first-order chi connectivity index (χ1) is 14.4. The van der Waals surface area contributed by atoms with Gasteiger partial charge in [0, 0.05) is 44.4 Å². The third-order valence-corrected chi connectivity index (χ3v) is 4.95. The largest absolute Gasteiger partial charge is 0.573 e. The number of ether oxygens (including phenoxy) is 2. The maximum absolute atomic E-state index is 12.5. The van der Waals surface area contributed by atoms with E-state index in [2.05, 4.69) is 31.7 Å². The fraction of sp³-hybridized carbons (Fsp3) is 0.400. The smallest absolute Gasteiger partial charge is 0.475 e. The summed E-state index contributed by atoms with van der Waals surface area (Å²) in [5.41, 5.74) is 1.62. The first kappa shape index (κ1) is 20.4. The summed E-state index contributed by atoms with van der Waals surface area (Å²) >= 11 is 0. The van der Waals surface area contributed by atoms with Gasteiger partial charge in [-0.15, -0.1) is 18.3 Å². The number of hydrogen-bond acceptors (Lipinski definition) is 6. The monoisotopic (exact) mass is 421 g/mol. The quantitative estimate of drug-likeness (QED) is 0.610. The molecule has 160 valence electrons. The van der Waals surface area contributed by atoms with E-state index >= 15 is 0 Å². The lowest BCUT2D eigenvalue weighted by molar-refractivity contribution is -0.274. The molecule has 0 bridgehead atoms. The van der Waals surface area contributed by atoms with Gasteiger partial charge in [0.15, 0.2) is 5.65 Å². The molecule has 7 nitrogen and oxygen atoms in total. The Morgan fingerprint density at radius 2 is 1.87 bits per heavy atom. The van der Waals surface area contributed by atoms with Crippen molar-refractivity contribution >= 4 is 5.65 Å². The van der Waals surface area contributed by atoms with Gasteiger partial charge in [-0.2, -0.15) is 0 Å². The fourth-order valence-electron chi connectivity index (χ4n) is 3.33. The second kappa shape index (κ2) is 8.49. The first-order valence-electron chi connectivity index (χ1n) is 9.62. The van der Waals surface area contributed by atoms with E-state index in [0.717, 1.165) is 32.7 Å². The minimum absolute atomic E-state index is 0.297. The Labute approximate surface area is 171 Å². The van der Waals surface area contributed by atoms with Crippen molar-refractivity contribution in [2.75, 3.05) is 46.4 Å². The molecule has 0 unspecified atom stereocenters. The van der Waals surface area contributed by atoms with Crippen molar-refractivity contribution < 1.29 is 22.6 Å². The highest BCUT2D eigenvalue weighted by Crippen LogP contribution is 2.28. The van der Waals surface area contributed by atoms with Crippen LogP contribution >= 0.6 is 0 Å². The van der Waals surface area contributed by atoms with Crippen LogP contribution in [-0.4, -0.2) is 77.1 Å². The Kier molecular flexibility index (Phi) is 5.78. The van der Waals surface area contributed by atoms with Crippen molar-refractivity contribution in [2.45, 2.75) is 6.36 Å². The highest BCUT2D eigenvalue weighted by atomic mass is 19.4. The molecule has 0 N–H and O–H groups in total. The summed E-state index contributed by atoms with van der Waals surface area (Å²) in [7, 11) is 2.11. The fourth-order valence-corrected chi connectivity index (χ4v) is 3.33. The predicted octanol–water partition coefficient (Wildman–Crippen LogP) is 2.92. The van der Waals surface area contributed by atoms with Crippen molar-refractivity contribution in [1.29, 1.82) is 0 Å². The molecule has 0 amide bonds. The van der Waals surface area contributed by atoms with E-state index in [1.54, 1.807) is 28.9 Å². The second-order valence-electron chi connectivity index (χ2n) is 7.15. The number of halogens is 3. The number of aromatic nitrogens is 3. The number of alkyl halides is 3. The van der Waals surface area contributed by atoms with Crippen molar-refractivity contribution in [3.63, 3.8) is 0 Å².